The zero-order valence-electron chi connectivity index (χ0n) is 8.78. The molecule has 0 bridgehead atoms. The Morgan fingerprint density at radius 1 is 1.14 bits per heavy atom. The molecule has 0 amide bonds. The van der Waals surface area contributed by atoms with Crippen LogP contribution in [0.15, 0.2) is 34.3 Å². The molecule has 0 saturated carbocycles. The second-order valence-corrected chi connectivity index (χ2v) is 4.44. The summed E-state index contributed by atoms with van der Waals surface area (Å²) in [6, 6.07) is 8.09. The molecule has 0 saturated heterocycles. The number of fused-ring (bicyclic) bond motifs is 1. The monoisotopic (exact) mass is 186 g/mol. The van der Waals surface area contributed by atoms with Crippen LogP contribution in [0, 0.1) is 0 Å². The molecule has 1 aromatic carbocycles. The third kappa shape index (κ3) is 1.74. The highest BCUT2D eigenvalue weighted by molar-refractivity contribution is 6.42. The van der Waals surface area contributed by atoms with Crippen molar-refractivity contribution in [2.45, 2.75) is 26.3 Å². The van der Waals surface area contributed by atoms with E-state index in [-0.39, 0.29) is 5.54 Å². The van der Waals surface area contributed by atoms with Crippen LogP contribution in [0.25, 0.3) is 0 Å². The summed E-state index contributed by atoms with van der Waals surface area (Å²) in [6.45, 7) is 6.28. The van der Waals surface area contributed by atoms with Crippen LogP contribution < -0.4 is 0 Å². The highest BCUT2D eigenvalue weighted by Crippen LogP contribution is 2.24. The van der Waals surface area contributed by atoms with Gasteiger partial charge in [-0.15, -0.1) is 0 Å². The lowest BCUT2D eigenvalue weighted by Crippen LogP contribution is -2.14. The zero-order chi connectivity index (χ0) is 10.2. The molecule has 0 aromatic heterocycles. The first-order valence-corrected chi connectivity index (χ1v) is 4.80. The lowest BCUT2D eigenvalue weighted by atomic mass is 10.1. The number of rotatable bonds is 0. The first kappa shape index (κ1) is 9.13. The standard InChI is InChI=1S/C12H14N2/c1-12(2,3)14-11-8-13-10-7-5-4-6-9(10)11/h4-8H,1-3H3. The van der Waals surface area contributed by atoms with E-state index in [1.165, 1.54) is 0 Å². The van der Waals surface area contributed by atoms with E-state index >= 15 is 0 Å². The second kappa shape index (κ2) is 3.05. The summed E-state index contributed by atoms with van der Waals surface area (Å²) >= 11 is 0. The van der Waals surface area contributed by atoms with E-state index in [0.717, 1.165) is 17.0 Å². The van der Waals surface area contributed by atoms with Crippen molar-refractivity contribution in [1.82, 2.24) is 0 Å². The number of para-hydroxylation sites is 1. The van der Waals surface area contributed by atoms with Crippen molar-refractivity contribution in [3.8, 4) is 0 Å². The second-order valence-electron chi connectivity index (χ2n) is 4.44. The van der Waals surface area contributed by atoms with E-state index < -0.39 is 0 Å². The van der Waals surface area contributed by atoms with Gasteiger partial charge in [0.25, 0.3) is 0 Å². The fourth-order valence-electron chi connectivity index (χ4n) is 1.45. The molecule has 1 aliphatic rings. The molecular weight excluding hydrogens is 172 g/mol. The fraction of sp³-hybridized carbons (Fsp3) is 0.333. The molecule has 2 rings (SSSR count). The number of benzene rings is 1. The minimum absolute atomic E-state index is 0.0429. The maximum Gasteiger partial charge on any atom is 0.0857 e. The molecule has 0 atom stereocenters. The van der Waals surface area contributed by atoms with Crippen molar-refractivity contribution in [3.63, 3.8) is 0 Å². The molecule has 1 aromatic rings. The third-order valence-electron chi connectivity index (χ3n) is 1.96. The molecule has 1 heterocycles. The number of hydrogen-bond donors (Lipinski definition) is 0. The summed E-state index contributed by atoms with van der Waals surface area (Å²) in [5, 5.41) is 0. The maximum atomic E-state index is 4.62. The minimum Gasteiger partial charge on any atom is -0.277 e. The lowest BCUT2D eigenvalue weighted by Gasteiger charge is -2.12. The molecule has 0 unspecified atom stereocenters. The smallest absolute Gasteiger partial charge is 0.0857 e. The molecule has 1 aliphatic heterocycles. The van der Waals surface area contributed by atoms with Gasteiger partial charge >= 0.3 is 0 Å². The molecule has 2 heteroatoms. The number of aliphatic imine (C=N–C) groups is 2. The molecule has 0 radical (unpaired) electrons. The predicted octanol–water partition coefficient (Wildman–Crippen LogP) is 2.99. The van der Waals surface area contributed by atoms with E-state index in [2.05, 4.69) is 36.8 Å². The minimum atomic E-state index is -0.0429. The van der Waals surface area contributed by atoms with Gasteiger partial charge in [-0.3, -0.25) is 9.98 Å². The van der Waals surface area contributed by atoms with Gasteiger partial charge in [-0.25, -0.2) is 0 Å². The van der Waals surface area contributed by atoms with Crippen molar-refractivity contribution in [2.24, 2.45) is 9.98 Å². The third-order valence-corrected chi connectivity index (χ3v) is 1.96. The first-order chi connectivity index (χ1) is 6.56. The van der Waals surface area contributed by atoms with Crippen LogP contribution in [-0.2, 0) is 0 Å². The van der Waals surface area contributed by atoms with E-state index in [9.17, 15) is 0 Å². The fourth-order valence-corrected chi connectivity index (χ4v) is 1.45. The largest absolute Gasteiger partial charge is 0.277 e. The van der Waals surface area contributed by atoms with E-state index in [1.807, 2.05) is 24.4 Å². The van der Waals surface area contributed by atoms with Crippen LogP contribution in [-0.4, -0.2) is 17.5 Å². The van der Waals surface area contributed by atoms with Gasteiger partial charge in [0.1, 0.15) is 0 Å². The van der Waals surface area contributed by atoms with Crippen molar-refractivity contribution in [1.29, 1.82) is 0 Å². The van der Waals surface area contributed by atoms with Gasteiger partial charge in [-0.1, -0.05) is 18.2 Å². The Morgan fingerprint density at radius 2 is 1.86 bits per heavy atom. The molecule has 0 aliphatic carbocycles. The average Bonchev–Trinajstić information content (AvgIpc) is 2.47. The van der Waals surface area contributed by atoms with E-state index in [1.54, 1.807) is 0 Å². The van der Waals surface area contributed by atoms with Crippen molar-refractivity contribution < 1.29 is 0 Å². The predicted molar refractivity (Wildman–Crippen MR) is 60.9 cm³/mol. The normalized spacial score (nSPS) is 17.5. The van der Waals surface area contributed by atoms with Crippen LogP contribution in [0.5, 0.6) is 0 Å². The Balaban J connectivity index is 2.45. The van der Waals surface area contributed by atoms with Gasteiger partial charge < -0.3 is 0 Å². The highest BCUT2D eigenvalue weighted by atomic mass is 14.9. The van der Waals surface area contributed by atoms with Gasteiger partial charge in [0.05, 0.1) is 23.2 Å². The van der Waals surface area contributed by atoms with Crippen LogP contribution in [0.2, 0.25) is 0 Å². The van der Waals surface area contributed by atoms with Crippen molar-refractivity contribution in [3.05, 3.63) is 29.8 Å². The summed E-state index contributed by atoms with van der Waals surface area (Å²) in [6.07, 6.45) is 1.84. The zero-order valence-corrected chi connectivity index (χ0v) is 8.78. The van der Waals surface area contributed by atoms with Crippen molar-refractivity contribution >= 4 is 17.6 Å². The summed E-state index contributed by atoms with van der Waals surface area (Å²) in [7, 11) is 0. The Bertz CT molecular complexity index is 409. The maximum absolute atomic E-state index is 4.62. The van der Waals surface area contributed by atoms with Crippen LogP contribution in [0.3, 0.4) is 0 Å². The summed E-state index contributed by atoms with van der Waals surface area (Å²) in [4.78, 5) is 8.93. The Labute approximate surface area is 84.4 Å². The van der Waals surface area contributed by atoms with Crippen LogP contribution in [0.1, 0.15) is 26.3 Å². The lowest BCUT2D eigenvalue weighted by molar-refractivity contribution is 0.585. The molecule has 72 valence electrons. The van der Waals surface area contributed by atoms with Crippen LogP contribution in [0.4, 0.5) is 5.69 Å². The molecule has 14 heavy (non-hydrogen) atoms. The van der Waals surface area contributed by atoms with Crippen molar-refractivity contribution in [2.75, 3.05) is 0 Å². The van der Waals surface area contributed by atoms with Gasteiger partial charge in [-0.2, -0.15) is 0 Å². The number of hydrogen-bond acceptors (Lipinski definition) is 2. The van der Waals surface area contributed by atoms with Gasteiger partial charge in [0.15, 0.2) is 0 Å². The molecule has 0 fully saturated rings. The summed E-state index contributed by atoms with van der Waals surface area (Å²) < 4.78 is 0. The average molecular weight is 186 g/mol. The first-order valence-electron chi connectivity index (χ1n) is 4.80. The highest BCUT2D eigenvalue weighted by Gasteiger charge is 2.16. The summed E-state index contributed by atoms with van der Waals surface area (Å²) in [5.41, 5.74) is 3.12. The quantitative estimate of drug-likeness (QED) is 0.595. The van der Waals surface area contributed by atoms with Gasteiger partial charge in [-0.05, 0) is 26.8 Å². The van der Waals surface area contributed by atoms with Gasteiger partial charge in [0, 0.05) is 5.56 Å². The SMILES string of the molecule is CC(C)(C)N=C1C=Nc2ccccc21. The van der Waals surface area contributed by atoms with E-state index in [0.29, 0.717) is 0 Å². The molecule has 0 spiro atoms. The van der Waals surface area contributed by atoms with E-state index in [4.69, 9.17) is 0 Å². The molecule has 0 N–H and O–H groups in total. The topological polar surface area (TPSA) is 24.7 Å². The molecule has 2 nitrogen and oxygen atoms in total. The van der Waals surface area contributed by atoms with Gasteiger partial charge in [0.2, 0.25) is 0 Å². The number of nitrogens with zero attached hydrogens (tertiary/aromatic N) is 2. The summed E-state index contributed by atoms with van der Waals surface area (Å²) in [5.74, 6) is 0. The Hall–Kier alpha value is -1.44. The molecular formula is C12H14N2. The van der Waals surface area contributed by atoms with Crippen LogP contribution >= 0.6 is 0 Å². The Morgan fingerprint density at radius 3 is 2.57 bits per heavy atom. The Kier molecular flexibility index (Phi) is 1.99.